The lowest BCUT2D eigenvalue weighted by molar-refractivity contribution is -0.118. The molecule has 3 rings (SSSR count). The van der Waals surface area contributed by atoms with Crippen molar-refractivity contribution in [2.75, 3.05) is 13.2 Å². The molecule has 0 bridgehead atoms. The number of Topliss-reactive ketones (excluding diaryl/α,β-unsaturated/α-hetero) is 2. The summed E-state index contributed by atoms with van der Waals surface area (Å²) in [6.07, 6.45) is 3.04. The van der Waals surface area contributed by atoms with E-state index in [4.69, 9.17) is 4.74 Å². The Bertz CT molecular complexity index is 733. The summed E-state index contributed by atoms with van der Waals surface area (Å²) >= 11 is 0. The fraction of sp³-hybridized carbons (Fsp3) is 0.188. The van der Waals surface area contributed by atoms with Gasteiger partial charge in [0.2, 0.25) is 17.5 Å². The van der Waals surface area contributed by atoms with E-state index >= 15 is 0 Å². The zero-order valence-electron chi connectivity index (χ0n) is 12.0. The number of hydrogen-bond acceptors (Lipinski definition) is 5. The normalized spacial score (nSPS) is 17.2. The molecule has 1 aromatic carbocycles. The zero-order chi connectivity index (χ0) is 15.7. The second kappa shape index (κ2) is 5.48. The van der Waals surface area contributed by atoms with E-state index in [0.29, 0.717) is 24.3 Å². The maximum absolute atomic E-state index is 12.8. The van der Waals surface area contributed by atoms with Crippen LogP contribution >= 0.6 is 0 Å². The number of carbonyl (C=O) groups is 3. The van der Waals surface area contributed by atoms with Gasteiger partial charge >= 0.3 is 0 Å². The van der Waals surface area contributed by atoms with Gasteiger partial charge in [0, 0.05) is 24.3 Å². The van der Waals surface area contributed by atoms with E-state index in [1.54, 1.807) is 35.4 Å². The molecule has 6 nitrogen and oxygen atoms in total. The molecule has 1 heterocycles. The van der Waals surface area contributed by atoms with Gasteiger partial charge in [-0.1, -0.05) is 24.3 Å². The summed E-state index contributed by atoms with van der Waals surface area (Å²) in [6.45, 7) is 2.13. The van der Waals surface area contributed by atoms with Crippen molar-refractivity contribution in [1.29, 1.82) is 0 Å². The highest BCUT2D eigenvalue weighted by atomic mass is 16.5. The number of benzene rings is 1. The summed E-state index contributed by atoms with van der Waals surface area (Å²) in [5.41, 5.74) is 0.843. The quantitative estimate of drug-likeness (QED) is 0.888. The van der Waals surface area contributed by atoms with Crippen molar-refractivity contribution >= 4 is 17.5 Å². The Kier molecular flexibility index (Phi) is 3.50. The van der Waals surface area contributed by atoms with Gasteiger partial charge in [0.25, 0.3) is 0 Å². The molecule has 0 aromatic heterocycles. The number of allylic oxidation sites excluding steroid dienone is 2. The molecule has 0 spiro atoms. The highest BCUT2D eigenvalue weighted by Gasteiger charge is 2.35. The smallest absolute Gasteiger partial charge is 0.221 e. The Balaban J connectivity index is 2.16. The largest absolute Gasteiger partial charge is 0.498 e. The molecular weight excluding hydrogens is 284 g/mol. The lowest BCUT2D eigenvalue weighted by Gasteiger charge is -2.30. The monoisotopic (exact) mass is 298 g/mol. The maximum Gasteiger partial charge on any atom is 0.221 e. The van der Waals surface area contributed by atoms with E-state index in [2.05, 4.69) is 5.32 Å². The Morgan fingerprint density at radius 3 is 2.45 bits per heavy atom. The van der Waals surface area contributed by atoms with Crippen LogP contribution in [0.2, 0.25) is 0 Å². The lowest BCUT2D eigenvalue weighted by Crippen LogP contribution is -2.39. The van der Waals surface area contributed by atoms with Crippen LogP contribution in [0.1, 0.15) is 27.6 Å². The van der Waals surface area contributed by atoms with Crippen molar-refractivity contribution in [2.45, 2.75) is 6.92 Å². The average Bonchev–Trinajstić information content (AvgIpc) is 2.53. The molecule has 1 aliphatic carbocycles. The molecule has 2 aliphatic rings. The number of hydrogen-bond donors (Lipinski definition) is 1. The molecule has 1 amide bonds. The minimum Gasteiger partial charge on any atom is -0.498 e. The Morgan fingerprint density at radius 2 is 1.86 bits per heavy atom. The van der Waals surface area contributed by atoms with Crippen LogP contribution in [-0.4, -0.2) is 35.5 Å². The maximum atomic E-state index is 12.8. The predicted octanol–water partition coefficient (Wildman–Crippen LogP) is 1.22. The summed E-state index contributed by atoms with van der Waals surface area (Å²) in [4.78, 5) is 38.5. The Labute approximate surface area is 127 Å². The highest BCUT2D eigenvalue weighted by Crippen LogP contribution is 2.28. The van der Waals surface area contributed by atoms with E-state index in [-0.39, 0.29) is 23.0 Å². The summed E-state index contributed by atoms with van der Waals surface area (Å²) in [6, 6.07) is 6.60. The molecule has 0 unspecified atom stereocenters. The second-order valence-electron chi connectivity index (χ2n) is 4.96. The third-order valence-electron chi connectivity index (χ3n) is 3.47. The first-order chi connectivity index (χ1) is 10.6. The van der Waals surface area contributed by atoms with E-state index in [9.17, 15) is 14.4 Å². The first-order valence-electron chi connectivity index (χ1n) is 6.85. The summed E-state index contributed by atoms with van der Waals surface area (Å²) in [5, 5.41) is 2.50. The fourth-order valence-electron chi connectivity index (χ4n) is 2.52. The third-order valence-corrected chi connectivity index (χ3v) is 3.47. The molecule has 1 aromatic rings. The van der Waals surface area contributed by atoms with Gasteiger partial charge in [-0.15, -0.1) is 0 Å². The van der Waals surface area contributed by atoms with Crippen molar-refractivity contribution in [3.8, 4) is 0 Å². The van der Waals surface area contributed by atoms with E-state index in [0.717, 1.165) is 0 Å². The van der Waals surface area contributed by atoms with Crippen molar-refractivity contribution < 1.29 is 19.1 Å². The highest BCUT2D eigenvalue weighted by molar-refractivity contribution is 6.27. The molecule has 1 aliphatic heterocycles. The van der Waals surface area contributed by atoms with Crippen LogP contribution in [-0.2, 0) is 9.53 Å². The number of amides is 1. The SMILES string of the molecule is CC(=O)NC1=C(N2C=COCC2)C(=O)c2ccccc2C1=O. The molecule has 0 radical (unpaired) electrons. The van der Waals surface area contributed by atoms with E-state index in [1.807, 2.05) is 0 Å². The van der Waals surface area contributed by atoms with Crippen molar-refractivity contribution in [3.63, 3.8) is 0 Å². The van der Waals surface area contributed by atoms with Crippen LogP contribution in [0.15, 0.2) is 48.1 Å². The molecule has 0 fully saturated rings. The molecule has 22 heavy (non-hydrogen) atoms. The van der Waals surface area contributed by atoms with E-state index in [1.165, 1.54) is 13.2 Å². The number of rotatable bonds is 2. The van der Waals surface area contributed by atoms with Crippen LogP contribution in [0, 0.1) is 0 Å². The fourth-order valence-corrected chi connectivity index (χ4v) is 2.52. The summed E-state index contributed by atoms with van der Waals surface area (Å²) in [5.74, 6) is -1.05. The minimum atomic E-state index is -0.398. The molecule has 112 valence electrons. The van der Waals surface area contributed by atoms with Crippen molar-refractivity contribution in [2.24, 2.45) is 0 Å². The van der Waals surface area contributed by atoms with Crippen LogP contribution < -0.4 is 5.32 Å². The van der Waals surface area contributed by atoms with Gasteiger partial charge in [-0.3, -0.25) is 14.4 Å². The van der Waals surface area contributed by atoms with Crippen LogP contribution in [0.4, 0.5) is 0 Å². The number of fused-ring (bicyclic) bond motifs is 1. The van der Waals surface area contributed by atoms with Crippen LogP contribution in [0.25, 0.3) is 0 Å². The predicted molar refractivity (Wildman–Crippen MR) is 77.7 cm³/mol. The molecular formula is C16H14N2O4. The van der Waals surface area contributed by atoms with Gasteiger partial charge in [-0.05, 0) is 0 Å². The van der Waals surface area contributed by atoms with Crippen molar-refractivity contribution in [3.05, 3.63) is 59.2 Å². The van der Waals surface area contributed by atoms with Gasteiger partial charge < -0.3 is 15.0 Å². The Hall–Kier alpha value is -2.89. The average molecular weight is 298 g/mol. The summed E-state index contributed by atoms with van der Waals surface area (Å²) in [7, 11) is 0. The van der Waals surface area contributed by atoms with Crippen molar-refractivity contribution in [1.82, 2.24) is 10.2 Å². The van der Waals surface area contributed by atoms with Crippen LogP contribution in [0.5, 0.6) is 0 Å². The molecule has 0 atom stereocenters. The Morgan fingerprint density at radius 1 is 1.18 bits per heavy atom. The molecule has 6 heteroatoms. The molecule has 1 N–H and O–H groups in total. The number of nitrogens with zero attached hydrogens (tertiary/aromatic N) is 1. The topological polar surface area (TPSA) is 75.7 Å². The minimum absolute atomic E-state index is 0.0164. The van der Waals surface area contributed by atoms with Crippen LogP contribution in [0.3, 0.4) is 0 Å². The standard InChI is InChI=1S/C16H14N2O4/c1-10(19)17-13-14(18-6-8-22-9-7-18)16(21)12-5-3-2-4-11(12)15(13)20/h2-6,8H,7,9H2,1H3,(H,17,19). The third kappa shape index (κ3) is 2.28. The lowest BCUT2D eigenvalue weighted by atomic mass is 9.89. The first kappa shape index (κ1) is 14.1. The number of nitrogens with one attached hydrogen (secondary N) is 1. The van der Waals surface area contributed by atoms with Gasteiger partial charge in [-0.25, -0.2) is 0 Å². The van der Waals surface area contributed by atoms with E-state index < -0.39 is 5.91 Å². The van der Waals surface area contributed by atoms with Gasteiger partial charge in [0.05, 0.1) is 12.8 Å². The zero-order valence-corrected chi connectivity index (χ0v) is 12.0. The number of ketones is 2. The number of carbonyl (C=O) groups excluding carboxylic acids is 3. The van der Waals surface area contributed by atoms with Gasteiger partial charge in [0.1, 0.15) is 18.0 Å². The second-order valence-corrected chi connectivity index (χ2v) is 4.96. The van der Waals surface area contributed by atoms with Gasteiger partial charge in [0.15, 0.2) is 0 Å². The molecule has 0 saturated heterocycles. The summed E-state index contributed by atoms with van der Waals surface area (Å²) < 4.78 is 5.11. The first-order valence-corrected chi connectivity index (χ1v) is 6.85. The molecule has 0 saturated carbocycles. The van der Waals surface area contributed by atoms with Gasteiger partial charge in [-0.2, -0.15) is 0 Å². The number of ether oxygens (including phenoxy) is 1.